The van der Waals surface area contributed by atoms with E-state index in [1.807, 2.05) is 20.8 Å². The van der Waals surface area contributed by atoms with Gasteiger partial charge in [0.1, 0.15) is 0 Å². The summed E-state index contributed by atoms with van der Waals surface area (Å²) in [7, 11) is 0. The number of ether oxygens (including phenoxy) is 1. The molecule has 0 fully saturated rings. The number of esters is 1. The van der Waals surface area contributed by atoms with Crippen molar-refractivity contribution in [3.8, 4) is 0 Å². The number of hydrogen-bond donors (Lipinski definition) is 0. The zero-order valence-corrected chi connectivity index (χ0v) is 6.81. The predicted molar refractivity (Wildman–Crippen MR) is 40.4 cm³/mol. The van der Waals surface area contributed by atoms with Gasteiger partial charge in [-0.15, -0.1) is 0 Å². The molecular weight excluding hydrogens is 128 g/mol. The molecule has 0 amide bonds. The van der Waals surface area contributed by atoms with E-state index in [0.717, 1.165) is 6.42 Å². The molecule has 0 spiro atoms. The van der Waals surface area contributed by atoms with E-state index in [9.17, 15) is 4.79 Å². The van der Waals surface area contributed by atoms with E-state index < -0.39 is 0 Å². The first-order valence-corrected chi connectivity index (χ1v) is 3.36. The van der Waals surface area contributed by atoms with Crippen molar-refractivity contribution < 1.29 is 9.53 Å². The summed E-state index contributed by atoms with van der Waals surface area (Å²) in [6, 6.07) is 0. The molecule has 58 valence electrons. The fourth-order valence-electron chi connectivity index (χ4n) is 0.380. The first-order chi connectivity index (χ1) is 4.54. The fraction of sp³-hybridized carbons (Fsp3) is 0.625. The van der Waals surface area contributed by atoms with Gasteiger partial charge in [0.25, 0.3) is 0 Å². The third-order valence-electron chi connectivity index (χ3n) is 1.63. The first kappa shape index (κ1) is 9.21. The molecule has 0 N–H and O–H groups in total. The molecule has 0 aliphatic carbocycles. The summed E-state index contributed by atoms with van der Waals surface area (Å²) in [6.07, 6.45) is 1.94. The van der Waals surface area contributed by atoms with Gasteiger partial charge in [-0.1, -0.05) is 13.5 Å². The van der Waals surface area contributed by atoms with Crippen molar-refractivity contribution in [3.63, 3.8) is 0 Å². The highest BCUT2D eigenvalue weighted by Crippen LogP contribution is 2.21. The van der Waals surface area contributed by atoms with Crippen LogP contribution in [0.25, 0.3) is 0 Å². The van der Waals surface area contributed by atoms with Crippen LogP contribution >= 0.6 is 0 Å². The molecule has 0 aliphatic rings. The Morgan fingerprint density at radius 3 is 2.50 bits per heavy atom. The normalized spacial score (nSPS) is 10.7. The summed E-state index contributed by atoms with van der Waals surface area (Å²) in [5, 5.41) is 0. The Morgan fingerprint density at radius 2 is 2.20 bits per heavy atom. The Morgan fingerprint density at radius 1 is 1.70 bits per heavy atom. The van der Waals surface area contributed by atoms with Crippen LogP contribution in [0.1, 0.15) is 27.2 Å². The molecule has 0 aliphatic heterocycles. The van der Waals surface area contributed by atoms with E-state index in [0.29, 0.717) is 0 Å². The monoisotopic (exact) mass is 142 g/mol. The SMILES string of the molecule is C=COC(=O)C(C)(C)CC. The molecule has 0 aromatic carbocycles. The van der Waals surface area contributed by atoms with Crippen LogP contribution in [0.5, 0.6) is 0 Å². The Balaban J connectivity index is 4.03. The molecule has 0 atom stereocenters. The molecule has 0 rings (SSSR count). The maximum atomic E-state index is 11.0. The van der Waals surface area contributed by atoms with E-state index in [-0.39, 0.29) is 11.4 Å². The van der Waals surface area contributed by atoms with Crippen LogP contribution in [0.4, 0.5) is 0 Å². The van der Waals surface area contributed by atoms with Gasteiger partial charge in [-0.3, -0.25) is 4.79 Å². The van der Waals surface area contributed by atoms with Crippen molar-refractivity contribution in [1.82, 2.24) is 0 Å². The minimum Gasteiger partial charge on any atom is -0.435 e. The molecule has 0 heterocycles. The average molecular weight is 142 g/mol. The molecule has 2 heteroatoms. The predicted octanol–water partition coefficient (Wildman–Crippen LogP) is 2.11. The lowest BCUT2D eigenvalue weighted by atomic mass is 9.91. The molecule has 2 nitrogen and oxygen atoms in total. The summed E-state index contributed by atoms with van der Waals surface area (Å²) in [5.41, 5.74) is -0.381. The maximum absolute atomic E-state index is 11.0. The van der Waals surface area contributed by atoms with Gasteiger partial charge >= 0.3 is 5.97 Å². The van der Waals surface area contributed by atoms with Crippen LogP contribution in [-0.2, 0) is 9.53 Å². The van der Waals surface area contributed by atoms with Gasteiger partial charge in [0, 0.05) is 0 Å². The van der Waals surface area contributed by atoms with E-state index in [2.05, 4.69) is 11.3 Å². The quantitative estimate of drug-likeness (QED) is 0.445. The molecule has 0 radical (unpaired) electrons. The average Bonchev–Trinajstić information content (AvgIpc) is 1.89. The van der Waals surface area contributed by atoms with Crippen LogP contribution in [0, 0.1) is 5.41 Å². The first-order valence-electron chi connectivity index (χ1n) is 3.36. The van der Waals surface area contributed by atoms with Crippen molar-refractivity contribution in [3.05, 3.63) is 12.8 Å². The number of carbonyl (C=O) groups excluding carboxylic acids is 1. The summed E-state index contributed by atoms with van der Waals surface area (Å²) < 4.78 is 4.62. The van der Waals surface area contributed by atoms with Crippen LogP contribution in [0.2, 0.25) is 0 Å². The molecule has 0 aromatic heterocycles. The number of hydrogen-bond acceptors (Lipinski definition) is 2. The zero-order chi connectivity index (χ0) is 8.20. The number of carbonyl (C=O) groups is 1. The van der Waals surface area contributed by atoms with Crippen LogP contribution in [0.3, 0.4) is 0 Å². The van der Waals surface area contributed by atoms with Crippen molar-refractivity contribution in [2.45, 2.75) is 27.2 Å². The fourth-order valence-corrected chi connectivity index (χ4v) is 0.380. The Labute approximate surface area is 61.9 Å². The molecule has 0 saturated heterocycles. The summed E-state index contributed by atoms with van der Waals surface area (Å²) in [6.45, 7) is 8.95. The third kappa shape index (κ3) is 2.21. The van der Waals surface area contributed by atoms with E-state index in [1.165, 1.54) is 6.26 Å². The minimum absolute atomic E-state index is 0.218. The largest absolute Gasteiger partial charge is 0.435 e. The van der Waals surface area contributed by atoms with Crippen molar-refractivity contribution in [2.24, 2.45) is 5.41 Å². The zero-order valence-electron chi connectivity index (χ0n) is 6.81. The highest BCUT2D eigenvalue weighted by Gasteiger charge is 2.26. The standard InChI is InChI=1S/C8H14O2/c1-5-8(3,4)7(9)10-6-2/h6H,2,5H2,1,3-4H3. The maximum Gasteiger partial charge on any atom is 0.316 e. The lowest BCUT2D eigenvalue weighted by molar-refractivity contribution is -0.148. The second-order valence-corrected chi connectivity index (χ2v) is 2.81. The molecule has 0 unspecified atom stereocenters. The summed E-state index contributed by atoms with van der Waals surface area (Å²) in [5.74, 6) is -0.218. The highest BCUT2D eigenvalue weighted by molar-refractivity contribution is 5.76. The van der Waals surface area contributed by atoms with Crippen molar-refractivity contribution in [2.75, 3.05) is 0 Å². The van der Waals surface area contributed by atoms with Crippen molar-refractivity contribution >= 4 is 5.97 Å². The van der Waals surface area contributed by atoms with Gasteiger partial charge in [0.2, 0.25) is 0 Å². The lowest BCUT2D eigenvalue weighted by Gasteiger charge is -2.18. The van der Waals surface area contributed by atoms with Gasteiger partial charge in [-0.25, -0.2) is 0 Å². The van der Waals surface area contributed by atoms with E-state index in [4.69, 9.17) is 0 Å². The highest BCUT2D eigenvalue weighted by atomic mass is 16.5. The lowest BCUT2D eigenvalue weighted by Crippen LogP contribution is -2.23. The smallest absolute Gasteiger partial charge is 0.316 e. The van der Waals surface area contributed by atoms with Gasteiger partial charge in [0.05, 0.1) is 11.7 Å². The molecular formula is C8H14O2. The van der Waals surface area contributed by atoms with Crippen molar-refractivity contribution in [1.29, 1.82) is 0 Å². The second kappa shape index (κ2) is 3.40. The summed E-state index contributed by atoms with van der Waals surface area (Å²) >= 11 is 0. The summed E-state index contributed by atoms with van der Waals surface area (Å²) in [4.78, 5) is 11.0. The van der Waals surface area contributed by atoms with Gasteiger partial charge in [-0.05, 0) is 20.3 Å². The third-order valence-corrected chi connectivity index (χ3v) is 1.63. The number of rotatable bonds is 3. The van der Waals surface area contributed by atoms with Crippen LogP contribution in [-0.4, -0.2) is 5.97 Å². The molecule has 0 bridgehead atoms. The second-order valence-electron chi connectivity index (χ2n) is 2.81. The minimum atomic E-state index is -0.381. The van der Waals surface area contributed by atoms with Crippen LogP contribution < -0.4 is 0 Å². The van der Waals surface area contributed by atoms with Crippen LogP contribution in [0.15, 0.2) is 12.8 Å². The topological polar surface area (TPSA) is 26.3 Å². The van der Waals surface area contributed by atoms with E-state index in [1.54, 1.807) is 0 Å². The molecule has 0 aromatic rings. The molecule has 0 saturated carbocycles. The Bertz CT molecular complexity index is 136. The Kier molecular flexibility index (Phi) is 3.13. The van der Waals surface area contributed by atoms with Gasteiger partial charge in [-0.2, -0.15) is 0 Å². The Hall–Kier alpha value is -0.790. The van der Waals surface area contributed by atoms with Gasteiger partial charge in [0.15, 0.2) is 0 Å². The molecule has 10 heavy (non-hydrogen) atoms. The van der Waals surface area contributed by atoms with Gasteiger partial charge < -0.3 is 4.74 Å². The van der Waals surface area contributed by atoms with E-state index >= 15 is 0 Å².